The molecule has 1 atom stereocenters. The molecular formula is C12H17FN2. The van der Waals surface area contributed by atoms with Crippen LogP contribution in [0.3, 0.4) is 0 Å². The minimum atomic E-state index is -1.04. The molecule has 2 nitrogen and oxygen atoms in total. The molecule has 1 saturated heterocycles. The third-order valence-electron chi connectivity index (χ3n) is 2.93. The monoisotopic (exact) mass is 208 g/mol. The number of nitrogens with zero attached hydrogens (tertiary/aromatic N) is 1. The first-order chi connectivity index (χ1) is 7.33. The fourth-order valence-corrected chi connectivity index (χ4v) is 2.13. The molecule has 1 heterocycles. The van der Waals surface area contributed by atoms with Crippen LogP contribution in [0, 0.1) is 0 Å². The van der Waals surface area contributed by atoms with Crippen LogP contribution < -0.4 is 10.6 Å². The summed E-state index contributed by atoms with van der Waals surface area (Å²) in [5.41, 5.74) is 7.14. The van der Waals surface area contributed by atoms with Crippen LogP contribution in [0.1, 0.15) is 24.6 Å². The van der Waals surface area contributed by atoms with Crippen molar-refractivity contribution in [2.75, 3.05) is 24.5 Å². The molecule has 0 radical (unpaired) electrons. The highest BCUT2D eigenvalue weighted by atomic mass is 19.1. The summed E-state index contributed by atoms with van der Waals surface area (Å²) in [6.45, 7) is 2.13. The van der Waals surface area contributed by atoms with Gasteiger partial charge in [-0.1, -0.05) is 18.2 Å². The van der Waals surface area contributed by atoms with Crippen LogP contribution in [-0.4, -0.2) is 19.6 Å². The fraction of sp³-hybridized carbons (Fsp3) is 0.500. The summed E-state index contributed by atoms with van der Waals surface area (Å²) in [6, 6.07) is 7.66. The molecule has 1 aromatic carbocycles. The molecule has 0 aliphatic carbocycles. The maximum absolute atomic E-state index is 13.6. The third kappa shape index (κ3) is 2.12. The van der Waals surface area contributed by atoms with Crippen LogP contribution >= 0.6 is 0 Å². The predicted octanol–water partition coefficient (Wildman–Crippen LogP) is 2.26. The molecule has 15 heavy (non-hydrogen) atoms. The van der Waals surface area contributed by atoms with E-state index in [1.807, 2.05) is 24.3 Å². The van der Waals surface area contributed by atoms with Crippen LogP contribution in [0.2, 0.25) is 0 Å². The Morgan fingerprint density at radius 3 is 2.60 bits per heavy atom. The van der Waals surface area contributed by atoms with Crippen molar-refractivity contribution in [2.45, 2.75) is 19.0 Å². The van der Waals surface area contributed by atoms with Crippen LogP contribution in [0.5, 0.6) is 0 Å². The minimum Gasteiger partial charge on any atom is -0.371 e. The second kappa shape index (κ2) is 4.62. The Balaban J connectivity index is 2.28. The second-order valence-electron chi connectivity index (χ2n) is 3.96. The lowest BCUT2D eigenvalue weighted by Crippen LogP contribution is -2.21. The lowest BCUT2D eigenvalue weighted by Gasteiger charge is -2.22. The number of rotatable bonds is 3. The number of hydrogen-bond donors (Lipinski definition) is 1. The summed E-state index contributed by atoms with van der Waals surface area (Å²) in [7, 11) is 0. The van der Waals surface area contributed by atoms with Crippen molar-refractivity contribution in [3.63, 3.8) is 0 Å². The summed E-state index contributed by atoms with van der Waals surface area (Å²) < 4.78 is 13.6. The van der Waals surface area contributed by atoms with E-state index >= 15 is 0 Å². The van der Waals surface area contributed by atoms with Gasteiger partial charge in [0.15, 0.2) is 0 Å². The largest absolute Gasteiger partial charge is 0.371 e. The average molecular weight is 208 g/mol. The van der Waals surface area contributed by atoms with Gasteiger partial charge in [0.1, 0.15) is 6.17 Å². The van der Waals surface area contributed by atoms with Gasteiger partial charge in [0.05, 0.1) is 0 Å². The molecule has 0 bridgehead atoms. The number of hydrogen-bond acceptors (Lipinski definition) is 2. The zero-order valence-electron chi connectivity index (χ0n) is 8.82. The average Bonchev–Trinajstić information content (AvgIpc) is 2.81. The van der Waals surface area contributed by atoms with Crippen molar-refractivity contribution in [1.29, 1.82) is 0 Å². The third-order valence-corrected chi connectivity index (χ3v) is 2.93. The molecule has 2 rings (SSSR count). The van der Waals surface area contributed by atoms with Gasteiger partial charge in [0, 0.05) is 30.9 Å². The first-order valence-corrected chi connectivity index (χ1v) is 5.51. The molecule has 82 valence electrons. The molecule has 1 aliphatic rings. The van der Waals surface area contributed by atoms with Gasteiger partial charge in [-0.2, -0.15) is 0 Å². The highest BCUT2D eigenvalue weighted by Gasteiger charge is 2.19. The van der Waals surface area contributed by atoms with Gasteiger partial charge < -0.3 is 10.6 Å². The number of benzene rings is 1. The minimum absolute atomic E-state index is 0.0604. The van der Waals surface area contributed by atoms with E-state index in [9.17, 15) is 4.39 Å². The van der Waals surface area contributed by atoms with Crippen molar-refractivity contribution < 1.29 is 4.39 Å². The molecule has 1 aliphatic heterocycles. The molecule has 0 amide bonds. The second-order valence-corrected chi connectivity index (χ2v) is 3.96. The van der Waals surface area contributed by atoms with E-state index in [0.717, 1.165) is 24.3 Å². The van der Waals surface area contributed by atoms with Gasteiger partial charge in [0.25, 0.3) is 0 Å². The number of anilines is 1. The Kier molecular flexibility index (Phi) is 3.21. The van der Waals surface area contributed by atoms with E-state index in [4.69, 9.17) is 5.73 Å². The summed E-state index contributed by atoms with van der Waals surface area (Å²) >= 11 is 0. The Labute approximate surface area is 89.9 Å². The molecule has 0 spiro atoms. The van der Waals surface area contributed by atoms with Gasteiger partial charge in [0.2, 0.25) is 0 Å². The van der Waals surface area contributed by atoms with Crippen molar-refractivity contribution in [3.8, 4) is 0 Å². The molecule has 1 aromatic rings. The number of alkyl halides is 1. The highest BCUT2D eigenvalue weighted by molar-refractivity contribution is 5.55. The van der Waals surface area contributed by atoms with Gasteiger partial charge in [-0.15, -0.1) is 0 Å². The number of nitrogens with two attached hydrogens (primary N) is 1. The van der Waals surface area contributed by atoms with Crippen molar-refractivity contribution in [1.82, 2.24) is 0 Å². The zero-order valence-corrected chi connectivity index (χ0v) is 8.82. The topological polar surface area (TPSA) is 29.3 Å². The molecule has 2 N–H and O–H groups in total. The number of halogens is 1. The standard InChI is InChI=1S/C12H17FN2/c13-11(9-14)10-5-1-2-6-12(10)15-7-3-4-8-15/h1-2,5-6,11H,3-4,7-9,14H2. The van der Waals surface area contributed by atoms with E-state index in [1.54, 1.807) is 0 Å². The Morgan fingerprint density at radius 2 is 1.93 bits per heavy atom. The summed E-state index contributed by atoms with van der Waals surface area (Å²) in [5.74, 6) is 0. The Hall–Kier alpha value is -1.09. The Morgan fingerprint density at radius 1 is 1.27 bits per heavy atom. The lowest BCUT2D eigenvalue weighted by molar-refractivity contribution is 0.353. The number of para-hydroxylation sites is 1. The van der Waals surface area contributed by atoms with Gasteiger partial charge >= 0.3 is 0 Å². The van der Waals surface area contributed by atoms with Crippen LogP contribution in [0.25, 0.3) is 0 Å². The predicted molar refractivity (Wildman–Crippen MR) is 60.8 cm³/mol. The maximum Gasteiger partial charge on any atom is 0.139 e. The van der Waals surface area contributed by atoms with E-state index in [2.05, 4.69) is 4.90 Å². The first-order valence-electron chi connectivity index (χ1n) is 5.51. The van der Waals surface area contributed by atoms with Crippen molar-refractivity contribution in [3.05, 3.63) is 29.8 Å². The quantitative estimate of drug-likeness (QED) is 0.825. The summed E-state index contributed by atoms with van der Waals surface area (Å²) in [5, 5.41) is 0. The van der Waals surface area contributed by atoms with Gasteiger partial charge in [-0.3, -0.25) is 0 Å². The maximum atomic E-state index is 13.6. The Bertz CT molecular complexity index is 321. The lowest BCUT2D eigenvalue weighted by atomic mass is 10.1. The molecule has 0 saturated carbocycles. The summed E-state index contributed by atoms with van der Waals surface area (Å²) in [6.07, 6.45) is 1.36. The van der Waals surface area contributed by atoms with E-state index in [0.29, 0.717) is 0 Å². The zero-order chi connectivity index (χ0) is 10.7. The van der Waals surface area contributed by atoms with Crippen LogP contribution in [0.15, 0.2) is 24.3 Å². The molecule has 0 aromatic heterocycles. The molecule has 1 unspecified atom stereocenters. The SMILES string of the molecule is NCC(F)c1ccccc1N1CCCC1. The van der Waals surface area contributed by atoms with Crippen molar-refractivity contribution in [2.24, 2.45) is 5.73 Å². The van der Waals surface area contributed by atoms with Crippen LogP contribution in [-0.2, 0) is 0 Å². The molecular weight excluding hydrogens is 191 g/mol. The van der Waals surface area contributed by atoms with Gasteiger partial charge in [-0.05, 0) is 18.9 Å². The van der Waals surface area contributed by atoms with Crippen molar-refractivity contribution >= 4 is 5.69 Å². The molecule has 3 heteroatoms. The smallest absolute Gasteiger partial charge is 0.139 e. The van der Waals surface area contributed by atoms with E-state index < -0.39 is 6.17 Å². The normalized spacial score (nSPS) is 18.1. The highest BCUT2D eigenvalue weighted by Crippen LogP contribution is 2.30. The fourth-order valence-electron chi connectivity index (χ4n) is 2.13. The van der Waals surface area contributed by atoms with Crippen LogP contribution in [0.4, 0.5) is 10.1 Å². The van der Waals surface area contributed by atoms with E-state index in [1.165, 1.54) is 12.8 Å². The summed E-state index contributed by atoms with van der Waals surface area (Å²) in [4.78, 5) is 2.25. The van der Waals surface area contributed by atoms with Gasteiger partial charge in [-0.25, -0.2) is 4.39 Å². The molecule has 1 fully saturated rings. The first kappa shape index (κ1) is 10.4. The van der Waals surface area contributed by atoms with E-state index in [-0.39, 0.29) is 6.54 Å².